The Morgan fingerprint density at radius 2 is 2.07 bits per heavy atom. The van der Waals surface area contributed by atoms with Gasteiger partial charge in [-0.25, -0.2) is 0 Å². The van der Waals surface area contributed by atoms with Gasteiger partial charge in [-0.3, -0.25) is 4.79 Å². The summed E-state index contributed by atoms with van der Waals surface area (Å²) in [5, 5.41) is 2.91. The summed E-state index contributed by atoms with van der Waals surface area (Å²) in [6.07, 6.45) is 5.36. The fraction of sp³-hybridized carbons (Fsp3) is 0.909. The highest BCUT2D eigenvalue weighted by Gasteiger charge is 2.05. The molecule has 0 radical (unpaired) electrons. The van der Waals surface area contributed by atoms with E-state index in [1.165, 1.54) is 19.3 Å². The SMILES string of the molecule is CCCCCCNC(=O)CC(C)CN. The van der Waals surface area contributed by atoms with Crippen LogP contribution in [0.1, 0.15) is 46.0 Å². The van der Waals surface area contributed by atoms with Crippen molar-refractivity contribution in [2.24, 2.45) is 11.7 Å². The van der Waals surface area contributed by atoms with Crippen molar-refractivity contribution >= 4 is 5.91 Å². The second-order valence-electron chi connectivity index (χ2n) is 3.96. The van der Waals surface area contributed by atoms with Crippen molar-refractivity contribution in [3.05, 3.63) is 0 Å². The molecule has 0 spiro atoms. The summed E-state index contributed by atoms with van der Waals surface area (Å²) in [7, 11) is 0. The van der Waals surface area contributed by atoms with Crippen LogP contribution in [0.2, 0.25) is 0 Å². The van der Waals surface area contributed by atoms with E-state index in [4.69, 9.17) is 5.73 Å². The molecule has 84 valence electrons. The van der Waals surface area contributed by atoms with Crippen molar-refractivity contribution in [3.63, 3.8) is 0 Å². The van der Waals surface area contributed by atoms with Crippen LogP contribution in [0.5, 0.6) is 0 Å². The number of rotatable bonds is 8. The maximum Gasteiger partial charge on any atom is 0.220 e. The summed E-state index contributed by atoms with van der Waals surface area (Å²) in [5.41, 5.74) is 5.43. The van der Waals surface area contributed by atoms with Gasteiger partial charge in [0.05, 0.1) is 0 Å². The van der Waals surface area contributed by atoms with Gasteiger partial charge in [-0.05, 0) is 18.9 Å². The molecular formula is C11H24N2O. The maximum atomic E-state index is 11.3. The van der Waals surface area contributed by atoms with Crippen molar-refractivity contribution in [1.82, 2.24) is 5.32 Å². The second kappa shape index (κ2) is 9.00. The first-order valence-corrected chi connectivity index (χ1v) is 5.67. The maximum absolute atomic E-state index is 11.3. The Morgan fingerprint density at radius 1 is 1.36 bits per heavy atom. The summed E-state index contributed by atoms with van der Waals surface area (Å²) in [6, 6.07) is 0. The summed E-state index contributed by atoms with van der Waals surface area (Å²) in [5.74, 6) is 0.435. The molecule has 0 aromatic heterocycles. The first-order chi connectivity index (χ1) is 6.70. The van der Waals surface area contributed by atoms with E-state index in [9.17, 15) is 4.79 Å². The molecule has 0 saturated heterocycles. The Morgan fingerprint density at radius 3 is 2.64 bits per heavy atom. The number of carbonyl (C=O) groups is 1. The fourth-order valence-electron chi connectivity index (χ4n) is 1.25. The Labute approximate surface area is 87.4 Å². The fourth-order valence-corrected chi connectivity index (χ4v) is 1.25. The lowest BCUT2D eigenvalue weighted by Gasteiger charge is -2.08. The molecule has 3 heteroatoms. The van der Waals surface area contributed by atoms with E-state index >= 15 is 0 Å². The normalized spacial score (nSPS) is 12.5. The highest BCUT2D eigenvalue weighted by Crippen LogP contribution is 1.99. The molecule has 0 aliphatic rings. The van der Waals surface area contributed by atoms with E-state index < -0.39 is 0 Å². The summed E-state index contributed by atoms with van der Waals surface area (Å²) in [4.78, 5) is 11.3. The van der Waals surface area contributed by atoms with Gasteiger partial charge in [0.15, 0.2) is 0 Å². The molecule has 0 aromatic rings. The first kappa shape index (κ1) is 13.4. The average molecular weight is 200 g/mol. The van der Waals surface area contributed by atoms with Gasteiger partial charge >= 0.3 is 0 Å². The second-order valence-corrected chi connectivity index (χ2v) is 3.96. The van der Waals surface area contributed by atoms with Crippen LogP contribution in [0, 0.1) is 5.92 Å². The van der Waals surface area contributed by atoms with Crippen molar-refractivity contribution in [2.45, 2.75) is 46.0 Å². The zero-order valence-corrected chi connectivity index (χ0v) is 9.51. The third-order valence-electron chi connectivity index (χ3n) is 2.29. The number of amides is 1. The topological polar surface area (TPSA) is 55.1 Å². The van der Waals surface area contributed by atoms with Gasteiger partial charge in [0.1, 0.15) is 0 Å². The van der Waals surface area contributed by atoms with Crippen molar-refractivity contribution < 1.29 is 4.79 Å². The molecular weight excluding hydrogens is 176 g/mol. The zero-order valence-electron chi connectivity index (χ0n) is 9.51. The average Bonchev–Trinajstić information content (AvgIpc) is 2.17. The first-order valence-electron chi connectivity index (χ1n) is 5.67. The lowest BCUT2D eigenvalue weighted by atomic mass is 10.1. The van der Waals surface area contributed by atoms with Crippen LogP contribution in [0.4, 0.5) is 0 Å². The van der Waals surface area contributed by atoms with Crippen LogP contribution >= 0.6 is 0 Å². The Kier molecular flexibility index (Phi) is 8.64. The Hall–Kier alpha value is -0.570. The number of nitrogens with two attached hydrogens (primary N) is 1. The molecule has 0 rings (SSSR count). The third kappa shape index (κ3) is 8.05. The molecule has 3 nitrogen and oxygen atoms in total. The van der Waals surface area contributed by atoms with Crippen LogP contribution in [0.25, 0.3) is 0 Å². The van der Waals surface area contributed by atoms with E-state index in [2.05, 4.69) is 12.2 Å². The predicted octanol–water partition coefficient (Wildman–Crippen LogP) is 1.67. The Balaban J connectivity index is 3.27. The van der Waals surface area contributed by atoms with Crippen LogP contribution < -0.4 is 11.1 Å². The van der Waals surface area contributed by atoms with Crippen LogP contribution in [-0.4, -0.2) is 19.0 Å². The summed E-state index contributed by atoms with van der Waals surface area (Å²) in [6.45, 7) is 5.58. The quantitative estimate of drug-likeness (QED) is 0.586. The molecule has 1 amide bonds. The predicted molar refractivity (Wildman–Crippen MR) is 60.0 cm³/mol. The molecule has 1 unspecified atom stereocenters. The monoisotopic (exact) mass is 200 g/mol. The van der Waals surface area contributed by atoms with Gasteiger partial charge in [-0.2, -0.15) is 0 Å². The van der Waals surface area contributed by atoms with Gasteiger partial charge in [0.25, 0.3) is 0 Å². The van der Waals surface area contributed by atoms with Crippen molar-refractivity contribution in [3.8, 4) is 0 Å². The highest BCUT2D eigenvalue weighted by atomic mass is 16.1. The molecule has 0 aliphatic heterocycles. The molecule has 14 heavy (non-hydrogen) atoms. The summed E-state index contributed by atoms with van der Waals surface area (Å²) < 4.78 is 0. The molecule has 1 atom stereocenters. The number of unbranched alkanes of at least 4 members (excludes halogenated alkanes) is 3. The summed E-state index contributed by atoms with van der Waals surface area (Å²) >= 11 is 0. The van der Waals surface area contributed by atoms with Crippen molar-refractivity contribution in [2.75, 3.05) is 13.1 Å². The van der Waals surface area contributed by atoms with Gasteiger partial charge in [-0.15, -0.1) is 0 Å². The molecule has 0 saturated carbocycles. The standard InChI is InChI=1S/C11H24N2O/c1-3-4-5-6-7-13-11(14)8-10(2)9-12/h10H,3-9,12H2,1-2H3,(H,13,14). The van der Waals surface area contributed by atoms with Crippen LogP contribution in [0.3, 0.4) is 0 Å². The van der Waals surface area contributed by atoms with E-state index in [0.717, 1.165) is 13.0 Å². The van der Waals surface area contributed by atoms with E-state index in [0.29, 0.717) is 18.9 Å². The minimum atomic E-state index is 0.138. The molecule has 0 aliphatic carbocycles. The van der Waals surface area contributed by atoms with Gasteiger partial charge in [0.2, 0.25) is 5.91 Å². The highest BCUT2D eigenvalue weighted by molar-refractivity contribution is 5.76. The van der Waals surface area contributed by atoms with Gasteiger partial charge in [-0.1, -0.05) is 33.1 Å². The smallest absolute Gasteiger partial charge is 0.220 e. The number of hydrogen-bond donors (Lipinski definition) is 2. The lowest BCUT2D eigenvalue weighted by Crippen LogP contribution is -2.27. The third-order valence-corrected chi connectivity index (χ3v) is 2.29. The Bertz CT molecular complexity index is 148. The molecule has 3 N–H and O–H groups in total. The molecule has 0 heterocycles. The van der Waals surface area contributed by atoms with Crippen LogP contribution in [0.15, 0.2) is 0 Å². The molecule has 0 aromatic carbocycles. The number of nitrogens with one attached hydrogen (secondary N) is 1. The number of hydrogen-bond acceptors (Lipinski definition) is 2. The number of carbonyl (C=O) groups excluding carboxylic acids is 1. The largest absolute Gasteiger partial charge is 0.356 e. The molecule has 0 fully saturated rings. The van der Waals surface area contributed by atoms with E-state index in [-0.39, 0.29) is 5.91 Å². The van der Waals surface area contributed by atoms with Gasteiger partial charge < -0.3 is 11.1 Å². The lowest BCUT2D eigenvalue weighted by molar-refractivity contribution is -0.121. The minimum Gasteiger partial charge on any atom is -0.356 e. The zero-order chi connectivity index (χ0) is 10.8. The van der Waals surface area contributed by atoms with Crippen molar-refractivity contribution in [1.29, 1.82) is 0 Å². The van der Waals surface area contributed by atoms with E-state index in [1.54, 1.807) is 0 Å². The molecule has 0 bridgehead atoms. The van der Waals surface area contributed by atoms with Crippen LogP contribution in [-0.2, 0) is 4.79 Å². The van der Waals surface area contributed by atoms with Gasteiger partial charge in [0, 0.05) is 13.0 Å². The minimum absolute atomic E-state index is 0.138. The van der Waals surface area contributed by atoms with E-state index in [1.807, 2.05) is 6.92 Å².